The largest absolute Gasteiger partial charge is 0.360 e. The van der Waals surface area contributed by atoms with Gasteiger partial charge >= 0.3 is 0 Å². The molecule has 0 saturated carbocycles. The van der Waals surface area contributed by atoms with Crippen molar-refractivity contribution in [2.45, 2.75) is 39.3 Å². The van der Waals surface area contributed by atoms with E-state index in [-0.39, 0.29) is 0 Å². The average Bonchev–Trinajstić information content (AvgIpc) is 2.61. The molecule has 0 spiro atoms. The number of aryl methyl sites for hydroxylation is 2. The predicted molar refractivity (Wildman–Crippen MR) is 108 cm³/mol. The standard InChI is InChI=1S/C20H26N4S/c1-15-6-7-18(13-16(15)2)23-20(25)22-17-8-11-24(12-9-17)14-19-5-3-4-10-21-19/h3-7,10,13,17H,8-9,11-12,14H2,1-2H3,(H2,22,23,25). The highest BCUT2D eigenvalue weighted by atomic mass is 32.1. The van der Waals surface area contributed by atoms with Crippen LogP contribution in [0.15, 0.2) is 42.6 Å². The maximum atomic E-state index is 5.48. The quantitative estimate of drug-likeness (QED) is 0.820. The van der Waals surface area contributed by atoms with E-state index in [0.29, 0.717) is 11.2 Å². The van der Waals surface area contributed by atoms with Crippen LogP contribution in [0.4, 0.5) is 5.69 Å². The molecular weight excluding hydrogens is 328 g/mol. The minimum absolute atomic E-state index is 0.437. The van der Waals surface area contributed by atoms with Gasteiger partial charge in [-0.05, 0) is 74.3 Å². The zero-order valence-corrected chi connectivity index (χ0v) is 15.8. The van der Waals surface area contributed by atoms with Crippen LogP contribution in [0.2, 0.25) is 0 Å². The summed E-state index contributed by atoms with van der Waals surface area (Å²) in [6, 6.07) is 12.9. The van der Waals surface area contributed by atoms with Crippen molar-refractivity contribution in [1.82, 2.24) is 15.2 Å². The number of anilines is 1. The van der Waals surface area contributed by atoms with E-state index in [1.807, 2.05) is 18.3 Å². The smallest absolute Gasteiger partial charge is 0.170 e. The van der Waals surface area contributed by atoms with Crippen LogP contribution in [-0.4, -0.2) is 34.1 Å². The van der Waals surface area contributed by atoms with Crippen LogP contribution in [0, 0.1) is 13.8 Å². The fourth-order valence-corrected chi connectivity index (χ4v) is 3.41. The molecule has 2 heterocycles. The van der Waals surface area contributed by atoms with E-state index in [1.165, 1.54) is 11.1 Å². The number of benzene rings is 1. The monoisotopic (exact) mass is 354 g/mol. The van der Waals surface area contributed by atoms with Crippen molar-refractivity contribution in [2.75, 3.05) is 18.4 Å². The lowest BCUT2D eigenvalue weighted by atomic mass is 10.1. The molecule has 1 fully saturated rings. The Balaban J connectivity index is 1.43. The van der Waals surface area contributed by atoms with E-state index in [9.17, 15) is 0 Å². The van der Waals surface area contributed by atoms with Crippen molar-refractivity contribution in [1.29, 1.82) is 0 Å². The van der Waals surface area contributed by atoms with E-state index in [1.54, 1.807) is 0 Å². The summed E-state index contributed by atoms with van der Waals surface area (Å²) in [4.78, 5) is 6.87. The van der Waals surface area contributed by atoms with Crippen molar-refractivity contribution in [3.63, 3.8) is 0 Å². The molecule has 0 bridgehead atoms. The van der Waals surface area contributed by atoms with Gasteiger partial charge in [-0.1, -0.05) is 12.1 Å². The van der Waals surface area contributed by atoms with Gasteiger partial charge in [-0.15, -0.1) is 0 Å². The first-order valence-corrected chi connectivity index (χ1v) is 9.28. The number of rotatable bonds is 4. The first-order valence-electron chi connectivity index (χ1n) is 8.87. The summed E-state index contributed by atoms with van der Waals surface area (Å²) >= 11 is 5.48. The maximum Gasteiger partial charge on any atom is 0.170 e. The second-order valence-corrected chi connectivity index (χ2v) is 7.18. The van der Waals surface area contributed by atoms with Gasteiger partial charge in [0, 0.05) is 37.6 Å². The predicted octanol–water partition coefficient (Wildman–Crippen LogP) is 3.65. The van der Waals surface area contributed by atoms with Crippen molar-refractivity contribution in [3.8, 4) is 0 Å². The van der Waals surface area contributed by atoms with Gasteiger partial charge in [-0.2, -0.15) is 0 Å². The highest BCUT2D eigenvalue weighted by molar-refractivity contribution is 7.80. The molecule has 1 aromatic carbocycles. The number of aromatic nitrogens is 1. The van der Waals surface area contributed by atoms with Crippen molar-refractivity contribution >= 4 is 23.0 Å². The number of nitrogens with one attached hydrogen (secondary N) is 2. The molecule has 1 saturated heterocycles. The second kappa shape index (κ2) is 8.41. The number of nitrogens with zero attached hydrogens (tertiary/aromatic N) is 2. The lowest BCUT2D eigenvalue weighted by Crippen LogP contribution is -2.45. The third-order valence-corrected chi connectivity index (χ3v) is 5.02. The minimum atomic E-state index is 0.437. The summed E-state index contributed by atoms with van der Waals surface area (Å²) in [5, 5.41) is 7.48. The van der Waals surface area contributed by atoms with Crippen molar-refractivity contribution in [3.05, 3.63) is 59.4 Å². The van der Waals surface area contributed by atoms with Gasteiger partial charge in [0.05, 0.1) is 5.69 Å². The fourth-order valence-electron chi connectivity index (χ4n) is 3.13. The Labute approximate surface area is 155 Å². The van der Waals surface area contributed by atoms with Crippen LogP contribution < -0.4 is 10.6 Å². The number of pyridine rings is 1. The fraction of sp³-hybridized carbons (Fsp3) is 0.400. The van der Waals surface area contributed by atoms with Crippen LogP contribution >= 0.6 is 12.2 Å². The van der Waals surface area contributed by atoms with Gasteiger partial charge in [-0.25, -0.2) is 0 Å². The third-order valence-electron chi connectivity index (χ3n) is 4.80. The molecular formula is C20H26N4S. The normalized spacial score (nSPS) is 15.8. The number of hydrogen-bond donors (Lipinski definition) is 2. The summed E-state index contributed by atoms with van der Waals surface area (Å²) in [7, 11) is 0. The molecule has 2 aromatic rings. The van der Waals surface area contributed by atoms with Gasteiger partial charge in [0.1, 0.15) is 0 Å². The summed E-state index contributed by atoms with van der Waals surface area (Å²) in [6.45, 7) is 7.31. The highest BCUT2D eigenvalue weighted by Gasteiger charge is 2.20. The maximum absolute atomic E-state index is 5.48. The Hall–Kier alpha value is -1.98. The topological polar surface area (TPSA) is 40.2 Å². The third kappa shape index (κ3) is 5.25. The van der Waals surface area contributed by atoms with E-state index in [4.69, 9.17) is 12.2 Å². The van der Waals surface area contributed by atoms with Crippen LogP contribution in [-0.2, 0) is 6.54 Å². The van der Waals surface area contributed by atoms with Gasteiger partial charge < -0.3 is 10.6 Å². The number of piperidine rings is 1. The molecule has 1 aliphatic heterocycles. The Bertz CT molecular complexity index is 709. The van der Waals surface area contributed by atoms with Crippen LogP contribution in [0.1, 0.15) is 29.7 Å². The lowest BCUT2D eigenvalue weighted by Gasteiger charge is -2.32. The van der Waals surface area contributed by atoms with Crippen LogP contribution in [0.3, 0.4) is 0 Å². The molecule has 3 rings (SSSR count). The molecule has 25 heavy (non-hydrogen) atoms. The van der Waals surface area contributed by atoms with Gasteiger partial charge in [0.2, 0.25) is 0 Å². The highest BCUT2D eigenvalue weighted by Crippen LogP contribution is 2.15. The molecule has 5 heteroatoms. The van der Waals surface area contributed by atoms with E-state index in [0.717, 1.165) is 43.9 Å². The average molecular weight is 355 g/mol. The van der Waals surface area contributed by atoms with Crippen LogP contribution in [0.25, 0.3) is 0 Å². The molecule has 132 valence electrons. The van der Waals surface area contributed by atoms with Crippen LogP contribution in [0.5, 0.6) is 0 Å². The number of likely N-dealkylation sites (tertiary alicyclic amines) is 1. The number of thiocarbonyl (C=S) groups is 1. The molecule has 0 atom stereocenters. The molecule has 1 aliphatic rings. The molecule has 0 unspecified atom stereocenters. The summed E-state index contributed by atoms with van der Waals surface area (Å²) < 4.78 is 0. The molecule has 2 N–H and O–H groups in total. The van der Waals surface area contributed by atoms with E-state index >= 15 is 0 Å². The first kappa shape index (κ1) is 17.8. The Morgan fingerprint density at radius 2 is 1.96 bits per heavy atom. The molecule has 0 amide bonds. The lowest BCUT2D eigenvalue weighted by molar-refractivity contribution is 0.197. The minimum Gasteiger partial charge on any atom is -0.360 e. The summed E-state index contributed by atoms with van der Waals surface area (Å²) in [5.41, 5.74) is 4.76. The zero-order valence-electron chi connectivity index (χ0n) is 15.0. The second-order valence-electron chi connectivity index (χ2n) is 6.77. The Kier molecular flexibility index (Phi) is 6.00. The molecule has 1 aromatic heterocycles. The SMILES string of the molecule is Cc1ccc(NC(=S)NC2CCN(Cc3ccccn3)CC2)cc1C. The molecule has 4 nitrogen and oxygen atoms in total. The first-order chi connectivity index (χ1) is 12.1. The zero-order chi connectivity index (χ0) is 17.6. The Morgan fingerprint density at radius 1 is 1.16 bits per heavy atom. The molecule has 0 radical (unpaired) electrons. The van der Waals surface area contributed by atoms with Crippen molar-refractivity contribution < 1.29 is 0 Å². The van der Waals surface area contributed by atoms with E-state index < -0.39 is 0 Å². The molecule has 0 aliphatic carbocycles. The van der Waals surface area contributed by atoms with Gasteiger partial charge in [0.15, 0.2) is 5.11 Å². The summed E-state index contributed by atoms with van der Waals surface area (Å²) in [6.07, 6.45) is 4.06. The van der Waals surface area contributed by atoms with Gasteiger partial charge in [0.25, 0.3) is 0 Å². The Morgan fingerprint density at radius 3 is 2.64 bits per heavy atom. The number of hydrogen-bond acceptors (Lipinski definition) is 3. The van der Waals surface area contributed by atoms with E-state index in [2.05, 4.69) is 58.6 Å². The van der Waals surface area contributed by atoms with Gasteiger partial charge in [-0.3, -0.25) is 9.88 Å². The van der Waals surface area contributed by atoms with Crippen molar-refractivity contribution in [2.24, 2.45) is 0 Å². The summed E-state index contributed by atoms with van der Waals surface area (Å²) in [5.74, 6) is 0.